The smallest absolute Gasteiger partial charge is 0.221 e. The first-order valence-corrected chi connectivity index (χ1v) is 7.75. The van der Waals surface area contributed by atoms with E-state index in [4.69, 9.17) is 5.73 Å². The fourth-order valence-electron chi connectivity index (χ4n) is 2.15. The molecule has 2 aromatic heterocycles. The van der Waals surface area contributed by atoms with E-state index in [-0.39, 0.29) is 11.9 Å². The number of aromatic nitrogens is 4. The third-order valence-corrected chi connectivity index (χ3v) is 4.17. The highest BCUT2D eigenvalue weighted by Gasteiger charge is 2.14. The van der Waals surface area contributed by atoms with Gasteiger partial charge in [-0.2, -0.15) is 0 Å². The topological polar surface area (TPSA) is 110 Å². The summed E-state index contributed by atoms with van der Waals surface area (Å²) >= 11 is 1.28. The van der Waals surface area contributed by atoms with E-state index in [0.717, 1.165) is 16.9 Å². The van der Waals surface area contributed by atoms with Crippen LogP contribution in [0.15, 0.2) is 24.3 Å². The van der Waals surface area contributed by atoms with Crippen molar-refractivity contribution in [2.24, 2.45) is 0 Å². The van der Waals surface area contributed by atoms with E-state index in [1.807, 2.05) is 31.2 Å². The van der Waals surface area contributed by atoms with Crippen LogP contribution in [0.1, 0.15) is 30.2 Å². The van der Waals surface area contributed by atoms with Gasteiger partial charge in [-0.3, -0.25) is 4.79 Å². The molecule has 0 saturated heterocycles. The van der Waals surface area contributed by atoms with Crippen LogP contribution >= 0.6 is 11.3 Å². The number of aryl methyl sites for hydroxylation is 1. The summed E-state index contributed by atoms with van der Waals surface area (Å²) in [6.07, 6.45) is 0.921. The van der Waals surface area contributed by atoms with Gasteiger partial charge in [-0.1, -0.05) is 23.5 Å². The van der Waals surface area contributed by atoms with Crippen LogP contribution in [0, 0.1) is 0 Å². The molecular formula is C14H16N6OS. The van der Waals surface area contributed by atoms with Crippen molar-refractivity contribution in [1.29, 1.82) is 0 Å². The Labute approximate surface area is 131 Å². The lowest BCUT2D eigenvalue weighted by molar-refractivity contribution is -0.121. The molecule has 0 aliphatic rings. The summed E-state index contributed by atoms with van der Waals surface area (Å²) in [5.74, 6) is 0.755. The van der Waals surface area contributed by atoms with Crippen molar-refractivity contribution >= 4 is 33.4 Å². The van der Waals surface area contributed by atoms with Crippen LogP contribution < -0.4 is 11.1 Å². The number of nitrogens with one attached hydrogen (secondary N) is 2. The second-order valence-corrected chi connectivity index (χ2v) is 6.01. The monoisotopic (exact) mass is 316 g/mol. The van der Waals surface area contributed by atoms with E-state index in [9.17, 15) is 4.79 Å². The lowest BCUT2D eigenvalue weighted by atomic mass is 10.2. The van der Waals surface area contributed by atoms with E-state index >= 15 is 0 Å². The minimum absolute atomic E-state index is 0.0540. The molecule has 0 spiro atoms. The molecule has 3 rings (SSSR count). The molecule has 114 valence electrons. The SMILES string of the molecule is C[C@@H](NC(=O)CCc1nc2ccccc2[nH]1)c1nnc(N)s1. The van der Waals surface area contributed by atoms with Gasteiger partial charge < -0.3 is 16.0 Å². The molecule has 0 aliphatic carbocycles. The lowest BCUT2D eigenvalue weighted by Gasteiger charge is -2.09. The molecule has 1 aromatic carbocycles. The number of imidazole rings is 1. The molecule has 0 saturated carbocycles. The summed E-state index contributed by atoms with van der Waals surface area (Å²) in [6, 6.07) is 7.60. The van der Waals surface area contributed by atoms with Gasteiger partial charge in [0.1, 0.15) is 10.8 Å². The molecule has 0 unspecified atom stereocenters. The number of fused-ring (bicyclic) bond motifs is 1. The van der Waals surface area contributed by atoms with Crippen LogP contribution in [0.25, 0.3) is 11.0 Å². The number of aromatic amines is 1. The Hall–Kier alpha value is -2.48. The van der Waals surface area contributed by atoms with Gasteiger partial charge in [-0.15, -0.1) is 10.2 Å². The zero-order chi connectivity index (χ0) is 15.5. The molecule has 7 nitrogen and oxygen atoms in total. The third kappa shape index (κ3) is 3.22. The van der Waals surface area contributed by atoms with Crippen LogP contribution in [-0.4, -0.2) is 26.1 Å². The first-order chi connectivity index (χ1) is 10.6. The van der Waals surface area contributed by atoms with Gasteiger partial charge in [-0.25, -0.2) is 4.98 Å². The van der Waals surface area contributed by atoms with Crippen LogP contribution in [0.5, 0.6) is 0 Å². The lowest BCUT2D eigenvalue weighted by Crippen LogP contribution is -2.26. The highest BCUT2D eigenvalue weighted by atomic mass is 32.1. The Balaban J connectivity index is 1.55. The average molecular weight is 316 g/mol. The second-order valence-electron chi connectivity index (χ2n) is 4.97. The molecule has 3 aromatic rings. The number of hydrogen-bond donors (Lipinski definition) is 3. The van der Waals surface area contributed by atoms with Crippen molar-refractivity contribution in [3.63, 3.8) is 0 Å². The van der Waals surface area contributed by atoms with Gasteiger partial charge in [0.05, 0.1) is 17.1 Å². The number of rotatable bonds is 5. The summed E-state index contributed by atoms with van der Waals surface area (Å²) in [4.78, 5) is 19.7. The quantitative estimate of drug-likeness (QED) is 0.665. The Morgan fingerprint density at radius 1 is 1.41 bits per heavy atom. The Morgan fingerprint density at radius 2 is 2.23 bits per heavy atom. The Morgan fingerprint density at radius 3 is 2.95 bits per heavy atom. The maximum absolute atomic E-state index is 12.0. The largest absolute Gasteiger partial charge is 0.374 e. The number of amides is 1. The number of carbonyl (C=O) groups excluding carboxylic acids is 1. The number of hydrogen-bond acceptors (Lipinski definition) is 6. The van der Waals surface area contributed by atoms with Crippen molar-refractivity contribution in [3.05, 3.63) is 35.1 Å². The van der Waals surface area contributed by atoms with Crippen molar-refractivity contribution in [2.45, 2.75) is 25.8 Å². The highest BCUT2D eigenvalue weighted by Crippen LogP contribution is 2.19. The van der Waals surface area contributed by atoms with Gasteiger partial charge in [-0.05, 0) is 19.1 Å². The molecule has 2 heterocycles. The second kappa shape index (κ2) is 6.10. The standard InChI is InChI=1S/C14H16N6OS/c1-8(13-19-20-14(15)22-13)16-12(21)7-6-11-17-9-4-2-3-5-10(9)18-11/h2-5,8H,6-7H2,1H3,(H2,15,20)(H,16,21)(H,17,18)/t8-/m1/s1. The number of nitrogen functional groups attached to an aromatic ring is 1. The molecule has 1 atom stereocenters. The Bertz CT molecular complexity index is 762. The van der Waals surface area contributed by atoms with Crippen LogP contribution in [0.4, 0.5) is 5.13 Å². The predicted molar refractivity (Wildman–Crippen MR) is 85.3 cm³/mol. The molecule has 0 fully saturated rings. The first-order valence-electron chi connectivity index (χ1n) is 6.93. The molecular weight excluding hydrogens is 300 g/mol. The maximum atomic E-state index is 12.0. The molecule has 0 bridgehead atoms. The van der Waals surface area contributed by atoms with Crippen molar-refractivity contribution in [2.75, 3.05) is 5.73 Å². The van der Waals surface area contributed by atoms with Gasteiger partial charge in [0, 0.05) is 12.8 Å². The Kier molecular flexibility index (Phi) is 4.01. The zero-order valence-corrected chi connectivity index (χ0v) is 12.9. The summed E-state index contributed by atoms with van der Waals surface area (Å²) < 4.78 is 0. The zero-order valence-electron chi connectivity index (χ0n) is 12.0. The van der Waals surface area contributed by atoms with Crippen LogP contribution in [0.2, 0.25) is 0 Å². The summed E-state index contributed by atoms with van der Waals surface area (Å²) in [6.45, 7) is 1.86. The van der Waals surface area contributed by atoms with Crippen LogP contribution in [-0.2, 0) is 11.2 Å². The number of anilines is 1. The molecule has 0 radical (unpaired) electrons. The van der Waals surface area contributed by atoms with E-state index < -0.39 is 0 Å². The van der Waals surface area contributed by atoms with Crippen molar-refractivity contribution in [3.8, 4) is 0 Å². The fourth-order valence-corrected chi connectivity index (χ4v) is 2.77. The normalized spacial score (nSPS) is 12.4. The first kappa shape index (κ1) is 14.5. The highest BCUT2D eigenvalue weighted by molar-refractivity contribution is 7.15. The number of H-pyrrole nitrogens is 1. The van der Waals surface area contributed by atoms with Gasteiger partial charge in [0.15, 0.2) is 0 Å². The molecule has 8 heteroatoms. The van der Waals surface area contributed by atoms with E-state index in [1.54, 1.807) is 0 Å². The van der Waals surface area contributed by atoms with Crippen molar-refractivity contribution < 1.29 is 4.79 Å². The number of carbonyl (C=O) groups is 1. The third-order valence-electron chi connectivity index (χ3n) is 3.23. The van der Waals surface area contributed by atoms with Crippen molar-refractivity contribution in [1.82, 2.24) is 25.5 Å². The average Bonchev–Trinajstić information content (AvgIpc) is 3.10. The fraction of sp³-hybridized carbons (Fsp3) is 0.286. The number of nitrogens with zero attached hydrogens (tertiary/aromatic N) is 3. The minimum Gasteiger partial charge on any atom is -0.374 e. The molecule has 4 N–H and O–H groups in total. The predicted octanol–water partition coefficient (Wildman–Crippen LogP) is 1.81. The number of benzene rings is 1. The maximum Gasteiger partial charge on any atom is 0.221 e. The summed E-state index contributed by atoms with van der Waals surface area (Å²) in [7, 11) is 0. The summed E-state index contributed by atoms with van der Waals surface area (Å²) in [5.41, 5.74) is 7.43. The van der Waals surface area contributed by atoms with Crippen LogP contribution in [0.3, 0.4) is 0 Å². The molecule has 1 amide bonds. The van der Waals surface area contributed by atoms with Gasteiger partial charge >= 0.3 is 0 Å². The van der Waals surface area contributed by atoms with Gasteiger partial charge in [0.2, 0.25) is 11.0 Å². The summed E-state index contributed by atoms with van der Waals surface area (Å²) in [5, 5.41) is 11.7. The van der Waals surface area contributed by atoms with Gasteiger partial charge in [0.25, 0.3) is 0 Å². The minimum atomic E-state index is -0.196. The molecule has 0 aliphatic heterocycles. The molecule has 22 heavy (non-hydrogen) atoms. The number of para-hydroxylation sites is 2. The van der Waals surface area contributed by atoms with E-state index in [2.05, 4.69) is 25.5 Å². The van der Waals surface area contributed by atoms with E-state index in [1.165, 1.54) is 11.3 Å². The van der Waals surface area contributed by atoms with E-state index in [0.29, 0.717) is 23.0 Å². The number of nitrogens with two attached hydrogens (primary N) is 1.